The van der Waals surface area contributed by atoms with Gasteiger partial charge in [-0.25, -0.2) is 4.79 Å². The van der Waals surface area contributed by atoms with Crippen molar-refractivity contribution in [1.82, 2.24) is 10.6 Å². The lowest BCUT2D eigenvalue weighted by Gasteiger charge is -2.24. The van der Waals surface area contributed by atoms with E-state index in [0.29, 0.717) is 12.8 Å². The minimum atomic E-state index is -0.875. The highest BCUT2D eigenvalue weighted by Crippen LogP contribution is 2.44. The van der Waals surface area contributed by atoms with Crippen LogP contribution in [0, 0.1) is 11.8 Å². The number of carbonyl (C=O) groups is 3. The quantitative estimate of drug-likeness (QED) is 0.540. The average molecular weight is 465 g/mol. The van der Waals surface area contributed by atoms with Crippen molar-refractivity contribution < 1.29 is 24.2 Å². The van der Waals surface area contributed by atoms with Gasteiger partial charge in [0.1, 0.15) is 6.61 Å². The third-order valence-electron chi connectivity index (χ3n) is 7.04. The van der Waals surface area contributed by atoms with Crippen LogP contribution in [0.4, 0.5) is 4.79 Å². The normalized spacial score (nSPS) is 19.9. The molecule has 7 nitrogen and oxygen atoms in total. The second-order valence-corrected chi connectivity index (χ2v) is 9.57. The minimum absolute atomic E-state index is 0.00470. The van der Waals surface area contributed by atoms with Crippen molar-refractivity contribution in [3.63, 3.8) is 0 Å². The van der Waals surface area contributed by atoms with E-state index < -0.39 is 24.0 Å². The molecule has 0 spiro atoms. The Hall–Kier alpha value is -3.35. The minimum Gasteiger partial charge on any atom is -0.481 e. The third kappa shape index (κ3) is 5.08. The number of carbonyl (C=O) groups excluding carboxylic acids is 2. The van der Waals surface area contributed by atoms with E-state index in [1.54, 1.807) is 0 Å². The third-order valence-corrected chi connectivity index (χ3v) is 7.04. The molecule has 2 aromatic carbocycles. The molecule has 0 bridgehead atoms. The summed E-state index contributed by atoms with van der Waals surface area (Å²) in [6.45, 7) is 4.06. The molecule has 0 aromatic heterocycles. The maximum Gasteiger partial charge on any atom is 0.407 e. The number of benzene rings is 2. The summed E-state index contributed by atoms with van der Waals surface area (Å²) in [5.41, 5.74) is 4.60. The number of aliphatic carboxylic acids is 1. The maximum absolute atomic E-state index is 12.7. The number of carboxylic acids is 1. The van der Waals surface area contributed by atoms with Crippen LogP contribution < -0.4 is 10.6 Å². The van der Waals surface area contributed by atoms with Crippen molar-refractivity contribution in [1.29, 1.82) is 0 Å². The molecule has 3 atom stereocenters. The summed E-state index contributed by atoms with van der Waals surface area (Å²) in [6.07, 6.45) is 1.54. The molecular formula is C27H32N2O5. The molecular weight excluding hydrogens is 432 g/mol. The Bertz CT molecular complexity index is 1020. The van der Waals surface area contributed by atoms with E-state index in [-0.39, 0.29) is 36.8 Å². The first kappa shape index (κ1) is 23.8. The molecule has 2 aliphatic rings. The summed E-state index contributed by atoms with van der Waals surface area (Å²) in [4.78, 5) is 36.7. The van der Waals surface area contributed by atoms with Crippen LogP contribution >= 0.6 is 0 Å². The lowest BCUT2D eigenvalue weighted by molar-refractivity contribution is -0.142. The average Bonchev–Trinajstić information content (AvgIpc) is 3.40. The van der Waals surface area contributed by atoms with E-state index in [2.05, 4.69) is 34.9 Å². The van der Waals surface area contributed by atoms with E-state index in [1.165, 1.54) is 0 Å². The summed E-state index contributed by atoms with van der Waals surface area (Å²) in [7, 11) is 0. The van der Waals surface area contributed by atoms with E-state index in [1.807, 2.05) is 38.1 Å². The fraction of sp³-hybridized carbons (Fsp3) is 0.444. The van der Waals surface area contributed by atoms with E-state index in [0.717, 1.165) is 28.7 Å². The first-order chi connectivity index (χ1) is 16.3. The molecule has 1 saturated carbocycles. The van der Waals surface area contributed by atoms with Crippen LogP contribution in [-0.4, -0.2) is 41.8 Å². The van der Waals surface area contributed by atoms with Gasteiger partial charge in [0, 0.05) is 24.4 Å². The van der Waals surface area contributed by atoms with Gasteiger partial charge < -0.3 is 20.5 Å². The number of nitrogens with one attached hydrogen (secondary N) is 2. The van der Waals surface area contributed by atoms with Crippen LogP contribution in [0.2, 0.25) is 0 Å². The Balaban J connectivity index is 1.34. The fourth-order valence-corrected chi connectivity index (χ4v) is 5.14. The van der Waals surface area contributed by atoms with Crippen molar-refractivity contribution in [2.24, 2.45) is 11.8 Å². The number of amides is 2. The van der Waals surface area contributed by atoms with Gasteiger partial charge in [0.25, 0.3) is 0 Å². The topological polar surface area (TPSA) is 105 Å². The zero-order valence-corrected chi connectivity index (χ0v) is 19.6. The number of hydrogen-bond acceptors (Lipinski definition) is 4. The van der Waals surface area contributed by atoms with Crippen molar-refractivity contribution in [2.75, 3.05) is 6.61 Å². The number of alkyl carbamates (subject to hydrolysis) is 1. The van der Waals surface area contributed by atoms with Gasteiger partial charge in [-0.1, -0.05) is 68.8 Å². The van der Waals surface area contributed by atoms with Gasteiger partial charge in [-0.05, 0) is 41.0 Å². The first-order valence-electron chi connectivity index (χ1n) is 12.0. The zero-order chi connectivity index (χ0) is 24.2. The van der Waals surface area contributed by atoms with Crippen LogP contribution in [-0.2, 0) is 14.3 Å². The summed E-state index contributed by atoms with van der Waals surface area (Å²) in [5, 5.41) is 15.0. The van der Waals surface area contributed by atoms with Crippen LogP contribution in [0.5, 0.6) is 0 Å². The van der Waals surface area contributed by atoms with Gasteiger partial charge in [-0.15, -0.1) is 0 Å². The van der Waals surface area contributed by atoms with E-state index in [4.69, 9.17) is 4.74 Å². The molecule has 1 fully saturated rings. The van der Waals surface area contributed by atoms with Gasteiger partial charge in [0.15, 0.2) is 0 Å². The van der Waals surface area contributed by atoms with Crippen LogP contribution in [0.3, 0.4) is 0 Å². The number of carboxylic acid groups (broad SMARTS) is 1. The number of hydrogen-bond donors (Lipinski definition) is 3. The Morgan fingerprint density at radius 3 is 2.21 bits per heavy atom. The first-order valence-corrected chi connectivity index (χ1v) is 12.0. The molecule has 4 rings (SSSR count). The highest BCUT2D eigenvalue weighted by atomic mass is 16.5. The van der Waals surface area contributed by atoms with Crippen LogP contribution in [0.15, 0.2) is 48.5 Å². The maximum atomic E-state index is 12.7. The molecule has 2 aliphatic carbocycles. The monoisotopic (exact) mass is 464 g/mol. The number of ether oxygens (including phenoxy) is 1. The standard InChI is InChI=1S/C27H32N2O5/c1-16(2)24(14-25(30)28-23-13-7-12-21(23)26(31)32)29-27(33)34-15-22-19-10-5-3-8-17(19)18-9-4-6-11-20(18)22/h3-6,8-11,16,21-24H,7,12-15H2,1-2H3,(H,28,30)(H,29,33)(H,31,32)/t21?,23?,24-/m1/s1. The van der Waals surface area contributed by atoms with E-state index >= 15 is 0 Å². The van der Waals surface area contributed by atoms with Crippen molar-refractivity contribution >= 4 is 18.0 Å². The predicted octanol–water partition coefficient (Wildman–Crippen LogP) is 4.31. The highest BCUT2D eigenvalue weighted by Gasteiger charge is 2.34. The van der Waals surface area contributed by atoms with Gasteiger partial charge in [-0.2, -0.15) is 0 Å². The summed E-state index contributed by atoms with van der Waals surface area (Å²) < 4.78 is 5.62. The highest BCUT2D eigenvalue weighted by molar-refractivity contribution is 5.80. The molecule has 34 heavy (non-hydrogen) atoms. The van der Waals surface area contributed by atoms with Crippen molar-refractivity contribution in [2.45, 2.75) is 57.5 Å². The molecule has 7 heteroatoms. The Labute approximate surface area is 199 Å². The van der Waals surface area contributed by atoms with Gasteiger partial charge in [0.05, 0.1) is 5.92 Å². The van der Waals surface area contributed by atoms with Crippen LogP contribution in [0.1, 0.15) is 56.6 Å². The number of rotatable bonds is 8. The second-order valence-electron chi connectivity index (χ2n) is 9.57. The Kier molecular flexibility index (Phi) is 7.20. The smallest absolute Gasteiger partial charge is 0.407 e. The van der Waals surface area contributed by atoms with Crippen molar-refractivity contribution in [3.8, 4) is 11.1 Å². The SMILES string of the molecule is CC(C)[C@@H](CC(=O)NC1CCCC1C(=O)O)NC(=O)OCC1c2ccccc2-c2ccccc21. The molecule has 3 N–H and O–H groups in total. The molecule has 180 valence electrons. The largest absolute Gasteiger partial charge is 0.481 e. The van der Waals surface area contributed by atoms with Crippen molar-refractivity contribution in [3.05, 3.63) is 59.7 Å². The second kappa shape index (κ2) is 10.3. The molecule has 0 saturated heterocycles. The molecule has 2 amide bonds. The summed E-state index contributed by atoms with van der Waals surface area (Å²) in [6, 6.07) is 15.5. The zero-order valence-electron chi connectivity index (χ0n) is 19.6. The molecule has 2 unspecified atom stereocenters. The van der Waals surface area contributed by atoms with Crippen LogP contribution in [0.25, 0.3) is 11.1 Å². The molecule has 0 radical (unpaired) electrons. The molecule has 0 aliphatic heterocycles. The summed E-state index contributed by atoms with van der Waals surface area (Å²) >= 11 is 0. The lowest BCUT2D eigenvalue weighted by atomic mass is 9.98. The Morgan fingerprint density at radius 1 is 1.00 bits per heavy atom. The molecule has 2 aromatic rings. The van der Waals surface area contributed by atoms with Gasteiger partial charge in [0.2, 0.25) is 5.91 Å². The fourth-order valence-electron chi connectivity index (χ4n) is 5.14. The van der Waals surface area contributed by atoms with E-state index in [9.17, 15) is 19.5 Å². The molecule has 0 heterocycles. The van der Waals surface area contributed by atoms with Gasteiger partial charge >= 0.3 is 12.1 Å². The van der Waals surface area contributed by atoms with Gasteiger partial charge in [-0.3, -0.25) is 9.59 Å². The number of fused-ring (bicyclic) bond motifs is 3. The lowest BCUT2D eigenvalue weighted by Crippen LogP contribution is -2.46. The Morgan fingerprint density at radius 2 is 1.62 bits per heavy atom. The summed E-state index contributed by atoms with van der Waals surface area (Å²) in [5.74, 6) is -1.70. The predicted molar refractivity (Wildman–Crippen MR) is 128 cm³/mol.